The molecule has 2 amide bonds. The van der Waals surface area contributed by atoms with Crippen LogP contribution in [-0.2, 0) is 14.3 Å². The first-order valence-corrected chi connectivity index (χ1v) is 10.1. The smallest absolute Gasteiger partial charge is 0.329 e. The van der Waals surface area contributed by atoms with E-state index in [0.29, 0.717) is 5.56 Å². The van der Waals surface area contributed by atoms with Gasteiger partial charge in [-0.1, -0.05) is 50.2 Å². The minimum atomic E-state index is -0.853. The molecule has 0 saturated heterocycles. The first-order chi connectivity index (χ1) is 14.2. The Labute approximate surface area is 178 Å². The molecule has 6 heteroatoms. The molecule has 0 unspecified atom stereocenters. The average Bonchev–Trinajstić information content (AvgIpc) is 2.70. The number of aryl methyl sites for hydroxylation is 1. The number of rotatable bonds is 8. The molecule has 0 fully saturated rings. The van der Waals surface area contributed by atoms with Gasteiger partial charge in [-0.25, -0.2) is 4.79 Å². The number of esters is 1. The van der Waals surface area contributed by atoms with Crippen LogP contribution in [0.25, 0.3) is 0 Å². The summed E-state index contributed by atoms with van der Waals surface area (Å²) in [7, 11) is 0. The SMILES string of the molecule is Cc1ccccc1C(=O)N[C@H](C(=O)OCC(=O)N(c1ccccc1)C(C)C)C(C)C. The van der Waals surface area contributed by atoms with E-state index in [0.717, 1.165) is 11.3 Å². The molecule has 0 spiro atoms. The highest BCUT2D eigenvalue weighted by atomic mass is 16.5. The third-order valence-corrected chi connectivity index (χ3v) is 4.75. The number of hydrogen-bond acceptors (Lipinski definition) is 4. The fourth-order valence-corrected chi connectivity index (χ4v) is 3.16. The largest absolute Gasteiger partial charge is 0.454 e. The summed E-state index contributed by atoms with van der Waals surface area (Å²) in [5, 5.41) is 2.74. The third kappa shape index (κ3) is 5.92. The number of nitrogens with one attached hydrogen (secondary N) is 1. The van der Waals surface area contributed by atoms with Gasteiger partial charge < -0.3 is 15.0 Å². The minimum Gasteiger partial charge on any atom is -0.454 e. The van der Waals surface area contributed by atoms with Crippen LogP contribution in [0.1, 0.15) is 43.6 Å². The van der Waals surface area contributed by atoms with E-state index in [-0.39, 0.29) is 23.8 Å². The Morgan fingerprint density at radius 2 is 1.53 bits per heavy atom. The quantitative estimate of drug-likeness (QED) is 0.673. The van der Waals surface area contributed by atoms with Crippen LogP contribution in [-0.4, -0.2) is 36.5 Å². The van der Waals surface area contributed by atoms with Crippen LogP contribution >= 0.6 is 0 Å². The van der Waals surface area contributed by atoms with Crippen LogP contribution in [0.3, 0.4) is 0 Å². The summed E-state index contributed by atoms with van der Waals surface area (Å²) in [5.41, 5.74) is 2.06. The van der Waals surface area contributed by atoms with Crippen molar-refractivity contribution in [2.45, 2.75) is 46.7 Å². The molecule has 0 aliphatic rings. The van der Waals surface area contributed by atoms with Gasteiger partial charge in [-0.15, -0.1) is 0 Å². The Kier molecular flexibility index (Phi) is 8.16. The molecule has 2 aromatic carbocycles. The highest BCUT2D eigenvalue weighted by Gasteiger charge is 2.28. The number of anilines is 1. The van der Waals surface area contributed by atoms with Crippen molar-refractivity contribution in [3.63, 3.8) is 0 Å². The maximum absolute atomic E-state index is 12.7. The summed E-state index contributed by atoms with van der Waals surface area (Å²) in [5.74, 6) is -1.49. The Bertz CT molecular complexity index is 878. The first kappa shape index (κ1) is 23.1. The standard InChI is InChI=1S/C24H30N2O4/c1-16(2)22(25-23(28)20-14-10-9-11-18(20)5)24(29)30-15-21(27)26(17(3)4)19-12-7-6-8-13-19/h6-14,16-17,22H,15H2,1-5H3,(H,25,28)/t22-/m0/s1. The molecule has 1 N–H and O–H groups in total. The van der Waals surface area contributed by atoms with Crippen molar-refractivity contribution < 1.29 is 19.1 Å². The summed E-state index contributed by atoms with van der Waals surface area (Å²) in [6.45, 7) is 8.86. The Morgan fingerprint density at radius 3 is 2.10 bits per heavy atom. The van der Waals surface area contributed by atoms with E-state index >= 15 is 0 Å². The van der Waals surface area contributed by atoms with Crippen molar-refractivity contribution in [3.05, 3.63) is 65.7 Å². The van der Waals surface area contributed by atoms with Crippen LogP contribution in [0.2, 0.25) is 0 Å². The lowest BCUT2D eigenvalue weighted by Crippen LogP contribution is -2.47. The monoisotopic (exact) mass is 410 g/mol. The van der Waals surface area contributed by atoms with Crippen LogP contribution in [0.15, 0.2) is 54.6 Å². The van der Waals surface area contributed by atoms with Crippen LogP contribution < -0.4 is 10.2 Å². The zero-order valence-electron chi connectivity index (χ0n) is 18.2. The lowest BCUT2D eigenvalue weighted by Gasteiger charge is -2.27. The van der Waals surface area contributed by atoms with Crippen LogP contribution in [0.4, 0.5) is 5.69 Å². The molecule has 2 aromatic rings. The second kappa shape index (κ2) is 10.6. The van der Waals surface area contributed by atoms with Crippen molar-refractivity contribution in [3.8, 4) is 0 Å². The molecular weight excluding hydrogens is 380 g/mol. The van der Waals surface area contributed by atoms with Crippen molar-refractivity contribution in [2.24, 2.45) is 5.92 Å². The van der Waals surface area contributed by atoms with Gasteiger partial charge in [0.15, 0.2) is 6.61 Å². The van der Waals surface area contributed by atoms with Gasteiger partial charge in [0, 0.05) is 17.3 Å². The van der Waals surface area contributed by atoms with E-state index < -0.39 is 18.6 Å². The van der Waals surface area contributed by atoms with Gasteiger partial charge in [0.05, 0.1) is 0 Å². The van der Waals surface area contributed by atoms with Crippen LogP contribution in [0.5, 0.6) is 0 Å². The van der Waals surface area contributed by atoms with Crippen molar-refractivity contribution >= 4 is 23.5 Å². The summed E-state index contributed by atoms with van der Waals surface area (Å²) in [4.78, 5) is 39.6. The fraction of sp³-hybridized carbons (Fsp3) is 0.375. The summed E-state index contributed by atoms with van der Waals surface area (Å²) in [6.07, 6.45) is 0. The molecule has 0 radical (unpaired) electrons. The molecule has 0 aliphatic heterocycles. The molecule has 6 nitrogen and oxygen atoms in total. The second-order valence-electron chi connectivity index (χ2n) is 7.81. The Hall–Kier alpha value is -3.15. The zero-order chi connectivity index (χ0) is 22.3. The molecule has 0 saturated carbocycles. The zero-order valence-corrected chi connectivity index (χ0v) is 18.2. The van der Waals surface area contributed by atoms with Crippen molar-refractivity contribution in [2.75, 3.05) is 11.5 Å². The average molecular weight is 411 g/mol. The molecule has 0 aromatic heterocycles. The summed E-state index contributed by atoms with van der Waals surface area (Å²) < 4.78 is 5.30. The topological polar surface area (TPSA) is 75.7 Å². The van der Waals surface area contributed by atoms with Crippen molar-refractivity contribution in [1.82, 2.24) is 5.32 Å². The van der Waals surface area contributed by atoms with Gasteiger partial charge in [-0.3, -0.25) is 9.59 Å². The maximum atomic E-state index is 12.7. The number of para-hydroxylation sites is 1. The molecule has 160 valence electrons. The predicted molar refractivity (Wildman–Crippen MR) is 117 cm³/mol. The summed E-state index contributed by atoms with van der Waals surface area (Å²) in [6, 6.07) is 15.4. The number of amides is 2. The highest BCUT2D eigenvalue weighted by Crippen LogP contribution is 2.17. The minimum absolute atomic E-state index is 0.0970. The maximum Gasteiger partial charge on any atom is 0.329 e. The van der Waals surface area contributed by atoms with E-state index in [2.05, 4.69) is 5.32 Å². The first-order valence-electron chi connectivity index (χ1n) is 10.1. The van der Waals surface area contributed by atoms with E-state index in [9.17, 15) is 14.4 Å². The summed E-state index contributed by atoms with van der Waals surface area (Å²) >= 11 is 0. The van der Waals surface area contributed by atoms with E-state index in [1.807, 2.05) is 77.1 Å². The lowest BCUT2D eigenvalue weighted by atomic mass is 10.0. The second-order valence-corrected chi connectivity index (χ2v) is 7.81. The molecule has 1 atom stereocenters. The predicted octanol–water partition coefficient (Wildman–Crippen LogP) is 3.73. The molecule has 30 heavy (non-hydrogen) atoms. The molecule has 2 rings (SSSR count). The van der Waals surface area contributed by atoms with E-state index in [1.165, 1.54) is 0 Å². The Morgan fingerprint density at radius 1 is 0.933 bits per heavy atom. The number of ether oxygens (including phenoxy) is 1. The number of carbonyl (C=O) groups is 3. The van der Waals surface area contributed by atoms with Gasteiger partial charge in [0.1, 0.15) is 6.04 Å². The van der Waals surface area contributed by atoms with Gasteiger partial charge >= 0.3 is 5.97 Å². The van der Waals surface area contributed by atoms with Gasteiger partial charge in [-0.2, -0.15) is 0 Å². The van der Waals surface area contributed by atoms with E-state index in [4.69, 9.17) is 4.74 Å². The number of carbonyl (C=O) groups excluding carboxylic acids is 3. The third-order valence-electron chi connectivity index (χ3n) is 4.75. The molecule has 0 aliphatic carbocycles. The number of benzene rings is 2. The lowest BCUT2D eigenvalue weighted by molar-refractivity contribution is -0.150. The van der Waals surface area contributed by atoms with Gasteiger partial charge in [0.25, 0.3) is 11.8 Å². The normalized spacial score (nSPS) is 11.8. The molecule has 0 heterocycles. The molecular formula is C24H30N2O4. The number of hydrogen-bond donors (Lipinski definition) is 1. The fourth-order valence-electron chi connectivity index (χ4n) is 3.16. The van der Waals surface area contributed by atoms with Crippen molar-refractivity contribution in [1.29, 1.82) is 0 Å². The van der Waals surface area contributed by atoms with Gasteiger partial charge in [0.2, 0.25) is 0 Å². The van der Waals surface area contributed by atoms with Gasteiger partial charge in [-0.05, 0) is 50.5 Å². The van der Waals surface area contributed by atoms with Crippen LogP contribution in [0, 0.1) is 12.8 Å². The Balaban J connectivity index is 2.05. The molecule has 0 bridgehead atoms. The highest BCUT2D eigenvalue weighted by molar-refractivity contribution is 5.99. The van der Waals surface area contributed by atoms with E-state index in [1.54, 1.807) is 17.0 Å². The number of nitrogens with zero attached hydrogens (tertiary/aromatic N) is 1.